The normalized spacial score (nSPS) is 20.0. The number of halogens is 1. The maximum atomic E-state index is 12.5. The fourth-order valence-electron chi connectivity index (χ4n) is 2.62. The maximum Gasteiger partial charge on any atom is 0.263 e. The lowest BCUT2D eigenvalue weighted by Gasteiger charge is -2.26. The monoisotopic (exact) mass is 349 g/mol. The van der Waals surface area contributed by atoms with Crippen molar-refractivity contribution in [3.63, 3.8) is 0 Å². The Kier molecular flexibility index (Phi) is 4.44. The number of aryl methyl sites for hydroxylation is 1. The Morgan fingerprint density at radius 2 is 2.05 bits per heavy atom. The molecule has 1 fully saturated rings. The van der Waals surface area contributed by atoms with Crippen molar-refractivity contribution < 1.29 is 13.2 Å². The van der Waals surface area contributed by atoms with E-state index >= 15 is 0 Å². The highest BCUT2D eigenvalue weighted by Crippen LogP contribution is 2.35. The van der Waals surface area contributed by atoms with Crippen molar-refractivity contribution in [2.24, 2.45) is 11.3 Å². The molecule has 0 N–H and O–H groups in total. The molecule has 1 aliphatic rings. The molecule has 0 spiro atoms. The first kappa shape index (κ1) is 16.8. The van der Waals surface area contributed by atoms with Crippen molar-refractivity contribution in [3.8, 4) is 0 Å². The van der Waals surface area contributed by atoms with E-state index in [-0.39, 0.29) is 16.2 Å². The summed E-state index contributed by atoms with van der Waals surface area (Å²) in [6.07, 6.45) is 0.986. The first-order valence-corrected chi connectivity index (χ1v) is 9.97. The summed E-state index contributed by atoms with van der Waals surface area (Å²) < 4.78 is 22.9. The predicted octanol–water partition coefficient (Wildman–Crippen LogP) is 3.49. The van der Waals surface area contributed by atoms with Gasteiger partial charge in [-0.3, -0.25) is 4.79 Å². The first-order chi connectivity index (χ1) is 9.50. The number of nitrogens with zero attached hydrogens (tertiary/aromatic N) is 1. The number of rotatable bonds is 2. The van der Waals surface area contributed by atoms with Crippen molar-refractivity contribution in [1.29, 1.82) is 0 Å². The molecule has 1 aromatic rings. The second-order valence-electron chi connectivity index (χ2n) is 6.57. The Bertz CT molecular complexity index is 658. The van der Waals surface area contributed by atoms with Crippen LogP contribution in [0.15, 0.2) is 11.0 Å². The van der Waals surface area contributed by atoms with Gasteiger partial charge in [0.2, 0.25) is 0 Å². The zero-order valence-electron chi connectivity index (χ0n) is 12.6. The Morgan fingerprint density at radius 1 is 1.43 bits per heavy atom. The summed E-state index contributed by atoms with van der Waals surface area (Å²) >= 11 is 1.19. The van der Waals surface area contributed by atoms with Gasteiger partial charge in [0, 0.05) is 28.6 Å². The number of carbonyl (C=O) groups is 1. The van der Waals surface area contributed by atoms with E-state index in [4.69, 9.17) is 10.7 Å². The zero-order chi connectivity index (χ0) is 16.0. The molecule has 0 aliphatic carbocycles. The van der Waals surface area contributed by atoms with E-state index in [9.17, 15) is 13.2 Å². The number of carbonyl (C=O) groups excluding carboxylic acids is 1. The molecule has 0 saturated carbocycles. The van der Waals surface area contributed by atoms with E-state index in [1.807, 2.05) is 4.90 Å². The van der Waals surface area contributed by atoms with Gasteiger partial charge in [-0.15, -0.1) is 11.3 Å². The summed E-state index contributed by atoms with van der Waals surface area (Å²) in [5.41, 5.74) is 0.172. The largest absolute Gasteiger partial charge is 0.338 e. The molecular weight excluding hydrogens is 330 g/mol. The average molecular weight is 350 g/mol. The number of likely N-dealkylation sites (tertiary alicyclic amines) is 1. The minimum Gasteiger partial charge on any atom is -0.338 e. The van der Waals surface area contributed by atoms with E-state index in [2.05, 4.69) is 20.8 Å². The van der Waals surface area contributed by atoms with Crippen LogP contribution in [-0.4, -0.2) is 32.3 Å². The molecule has 1 saturated heterocycles. The van der Waals surface area contributed by atoms with Crippen molar-refractivity contribution in [2.45, 2.75) is 39.0 Å². The second-order valence-corrected chi connectivity index (χ2v) is 10.4. The molecule has 2 rings (SSSR count). The molecule has 1 atom stereocenters. The van der Waals surface area contributed by atoms with E-state index < -0.39 is 9.05 Å². The maximum absolute atomic E-state index is 12.5. The molecule has 4 nitrogen and oxygen atoms in total. The van der Waals surface area contributed by atoms with E-state index in [0.29, 0.717) is 15.7 Å². The Hall–Kier alpha value is -0.590. The molecule has 1 aromatic heterocycles. The highest BCUT2D eigenvalue weighted by molar-refractivity contribution is 8.13. The fourth-order valence-corrected chi connectivity index (χ4v) is 5.25. The van der Waals surface area contributed by atoms with Crippen LogP contribution in [0.2, 0.25) is 0 Å². The van der Waals surface area contributed by atoms with Gasteiger partial charge in [0.05, 0.1) is 9.77 Å². The standard InChI is InChI=1S/C14H20ClNO3S2/c1-9-12(21(15,18)19)7-11(20-9)13(17)16-6-5-10(8-16)14(2,3)4/h7,10H,5-6,8H2,1-4H3. The highest BCUT2D eigenvalue weighted by Gasteiger charge is 2.35. The number of thiophene rings is 1. The van der Waals surface area contributed by atoms with Gasteiger partial charge in [-0.25, -0.2) is 8.42 Å². The van der Waals surface area contributed by atoms with Crippen molar-refractivity contribution in [3.05, 3.63) is 15.8 Å². The number of hydrogen-bond acceptors (Lipinski definition) is 4. The van der Waals surface area contributed by atoms with Crippen LogP contribution in [0.1, 0.15) is 41.7 Å². The minimum atomic E-state index is -3.79. The van der Waals surface area contributed by atoms with Crippen LogP contribution in [0.3, 0.4) is 0 Å². The summed E-state index contributed by atoms with van der Waals surface area (Å²) in [5.74, 6) is 0.375. The van der Waals surface area contributed by atoms with Gasteiger partial charge >= 0.3 is 0 Å². The summed E-state index contributed by atoms with van der Waals surface area (Å²) in [4.78, 5) is 15.4. The molecule has 21 heavy (non-hydrogen) atoms. The van der Waals surface area contributed by atoms with Crippen LogP contribution < -0.4 is 0 Å². The smallest absolute Gasteiger partial charge is 0.263 e. The van der Waals surface area contributed by atoms with E-state index in [0.717, 1.165) is 19.5 Å². The lowest BCUT2D eigenvalue weighted by molar-refractivity contribution is 0.0781. The molecule has 0 bridgehead atoms. The number of amides is 1. The summed E-state index contributed by atoms with van der Waals surface area (Å²) in [7, 11) is 1.59. The molecule has 7 heteroatoms. The van der Waals surface area contributed by atoms with Crippen molar-refractivity contribution >= 4 is 37.0 Å². The molecule has 2 heterocycles. The van der Waals surface area contributed by atoms with Gasteiger partial charge < -0.3 is 4.90 Å². The lowest BCUT2D eigenvalue weighted by Crippen LogP contribution is -2.30. The SMILES string of the molecule is Cc1sc(C(=O)N2CCC(C(C)(C)C)C2)cc1S(=O)(=O)Cl. The highest BCUT2D eigenvalue weighted by atomic mass is 35.7. The fraction of sp³-hybridized carbons (Fsp3) is 0.643. The predicted molar refractivity (Wildman–Crippen MR) is 85.6 cm³/mol. The van der Waals surface area contributed by atoms with Crippen molar-refractivity contribution in [2.75, 3.05) is 13.1 Å². The molecule has 1 amide bonds. The van der Waals surface area contributed by atoms with Crippen LogP contribution in [0.25, 0.3) is 0 Å². The van der Waals surface area contributed by atoms with Gasteiger partial charge in [-0.2, -0.15) is 0 Å². The Morgan fingerprint density at radius 3 is 2.48 bits per heavy atom. The summed E-state index contributed by atoms with van der Waals surface area (Å²) in [6.45, 7) is 9.65. The molecule has 0 aromatic carbocycles. The second kappa shape index (κ2) is 5.56. The van der Waals surface area contributed by atoms with Crippen LogP contribution in [0.5, 0.6) is 0 Å². The first-order valence-electron chi connectivity index (χ1n) is 6.84. The van der Waals surface area contributed by atoms with Gasteiger partial charge in [0.25, 0.3) is 15.0 Å². The minimum absolute atomic E-state index is 0.0454. The lowest BCUT2D eigenvalue weighted by atomic mass is 9.80. The third-order valence-corrected chi connectivity index (χ3v) is 6.66. The quantitative estimate of drug-likeness (QED) is 0.768. The van der Waals surface area contributed by atoms with Crippen LogP contribution in [0.4, 0.5) is 0 Å². The van der Waals surface area contributed by atoms with Crippen LogP contribution in [0, 0.1) is 18.3 Å². The molecule has 118 valence electrons. The van der Waals surface area contributed by atoms with Gasteiger partial charge in [0.1, 0.15) is 0 Å². The molecule has 1 aliphatic heterocycles. The molecule has 0 radical (unpaired) electrons. The third-order valence-electron chi connectivity index (χ3n) is 4.05. The van der Waals surface area contributed by atoms with E-state index in [1.165, 1.54) is 17.4 Å². The summed E-state index contributed by atoms with van der Waals surface area (Å²) in [6, 6.07) is 1.40. The van der Waals surface area contributed by atoms with Crippen molar-refractivity contribution in [1.82, 2.24) is 4.90 Å². The Labute approximate surface area is 134 Å². The summed E-state index contributed by atoms with van der Waals surface area (Å²) in [5, 5.41) is 0. The number of hydrogen-bond donors (Lipinski definition) is 0. The van der Waals surface area contributed by atoms with Crippen LogP contribution in [-0.2, 0) is 9.05 Å². The third kappa shape index (κ3) is 3.60. The van der Waals surface area contributed by atoms with Gasteiger partial charge in [-0.05, 0) is 30.7 Å². The zero-order valence-corrected chi connectivity index (χ0v) is 15.0. The van der Waals surface area contributed by atoms with Gasteiger partial charge in [-0.1, -0.05) is 20.8 Å². The Balaban J connectivity index is 2.19. The average Bonchev–Trinajstić information content (AvgIpc) is 2.92. The van der Waals surface area contributed by atoms with Crippen LogP contribution >= 0.6 is 22.0 Å². The van der Waals surface area contributed by atoms with Gasteiger partial charge in [0.15, 0.2) is 0 Å². The van der Waals surface area contributed by atoms with E-state index in [1.54, 1.807) is 6.92 Å². The molecule has 1 unspecified atom stereocenters. The topological polar surface area (TPSA) is 54.5 Å². The molecular formula is C14H20ClNO3S2.